The van der Waals surface area contributed by atoms with Gasteiger partial charge in [0, 0.05) is 11.6 Å². The van der Waals surface area contributed by atoms with Gasteiger partial charge in [-0.15, -0.1) is 0 Å². The summed E-state index contributed by atoms with van der Waals surface area (Å²) in [5.74, 6) is 0.138. The molecular formula is C11H9Cl2N3. The van der Waals surface area contributed by atoms with Crippen molar-refractivity contribution >= 4 is 29.2 Å². The van der Waals surface area contributed by atoms with E-state index in [9.17, 15) is 0 Å². The summed E-state index contributed by atoms with van der Waals surface area (Å²) in [6, 6.07) is 7.33. The fourth-order valence-electron chi connectivity index (χ4n) is 1.40. The van der Waals surface area contributed by atoms with Crippen LogP contribution in [0.15, 0.2) is 24.3 Å². The van der Waals surface area contributed by atoms with Crippen molar-refractivity contribution in [3.63, 3.8) is 0 Å². The molecular weight excluding hydrogens is 245 g/mol. The minimum atomic E-state index is 0.138. The molecule has 0 aliphatic heterocycles. The number of halogens is 2. The molecule has 0 bridgehead atoms. The maximum Gasteiger partial charge on any atom is 0.221 e. The van der Waals surface area contributed by atoms with Crippen molar-refractivity contribution in [2.24, 2.45) is 0 Å². The summed E-state index contributed by atoms with van der Waals surface area (Å²) in [5.41, 5.74) is 8.03. The van der Waals surface area contributed by atoms with E-state index in [1.165, 1.54) is 0 Å². The van der Waals surface area contributed by atoms with Gasteiger partial charge in [-0.25, -0.2) is 9.97 Å². The Kier molecular flexibility index (Phi) is 2.99. The Morgan fingerprint density at radius 2 is 1.88 bits per heavy atom. The van der Waals surface area contributed by atoms with Gasteiger partial charge in [0.25, 0.3) is 0 Å². The van der Waals surface area contributed by atoms with E-state index >= 15 is 0 Å². The van der Waals surface area contributed by atoms with E-state index in [0.29, 0.717) is 15.9 Å². The van der Waals surface area contributed by atoms with Gasteiger partial charge in [-0.1, -0.05) is 35.3 Å². The predicted molar refractivity (Wildman–Crippen MR) is 66.6 cm³/mol. The zero-order valence-electron chi connectivity index (χ0n) is 8.54. The van der Waals surface area contributed by atoms with Gasteiger partial charge in [0.2, 0.25) is 5.95 Å². The molecule has 0 fully saturated rings. The number of nitrogens with two attached hydrogens (primary N) is 1. The third kappa shape index (κ3) is 2.26. The first-order valence-corrected chi connectivity index (χ1v) is 5.38. The number of hydrogen-bond acceptors (Lipinski definition) is 3. The second kappa shape index (κ2) is 4.28. The Bertz CT molecular complexity index is 520. The van der Waals surface area contributed by atoms with E-state index in [4.69, 9.17) is 28.9 Å². The van der Waals surface area contributed by atoms with Gasteiger partial charge in [0.05, 0.1) is 10.7 Å². The normalized spacial score (nSPS) is 10.4. The molecule has 2 N–H and O–H groups in total. The third-order valence-corrected chi connectivity index (χ3v) is 2.62. The second-order valence-corrected chi connectivity index (χ2v) is 4.21. The lowest BCUT2D eigenvalue weighted by atomic mass is 10.1. The monoisotopic (exact) mass is 253 g/mol. The van der Waals surface area contributed by atoms with Crippen molar-refractivity contribution in [1.29, 1.82) is 0 Å². The molecule has 0 spiro atoms. The van der Waals surface area contributed by atoms with Crippen molar-refractivity contribution in [1.82, 2.24) is 9.97 Å². The molecule has 2 aromatic rings. The van der Waals surface area contributed by atoms with Crippen LogP contribution < -0.4 is 5.73 Å². The highest BCUT2D eigenvalue weighted by Crippen LogP contribution is 2.28. The van der Waals surface area contributed by atoms with Crippen LogP contribution in [0.4, 0.5) is 5.95 Å². The Labute approximate surface area is 103 Å². The standard InChI is InChI=1S/C11H9Cl2N3/c1-6-2-3-7(8(12)4-6)9-5-10(13)16-11(14)15-9/h2-5H,1H3,(H2,14,15,16). The molecule has 0 saturated carbocycles. The van der Waals surface area contributed by atoms with Gasteiger partial charge in [-0.3, -0.25) is 0 Å². The average molecular weight is 254 g/mol. The van der Waals surface area contributed by atoms with Crippen LogP contribution in [0.25, 0.3) is 11.3 Å². The highest BCUT2D eigenvalue weighted by Gasteiger charge is 2.07. The van der Waals surface area contributed by atoms with E-state index in [2.05, 4.69) is 9.97 Å². The van der Waals surface area contributed by atoms with E-state index in [-0.39, 0.29) is 5.95 Å². The van der Waals surface area contributed by atoms with Crippen LogP contribution in [0.5, 0.6) is 0 Å². The predicted octanol–water partition coefficient (Wildman–Crippen LogP) is 3.34. The largest absolute Gasteiger partial charge is 0.368 e. The Hall–Kier alpha value is -1.32. The Morgan fingerprint density at radius 1 is 1.12 bits per heavy atom. The molecule has 3 nitrogen and oxygen atoms in total. The summed E-state index contributed by atoms with van der Waals surface area (Å²) in [6.45, 7) is 1.97. The zero-order valence-corrected chi connectivity index (χ0v) is 10.0. The molecule has 0 atom stereocenters. The SMILES string of the molecule is Cc1ccc(-c2cc(Cl)nc(N)n2)c(Cl)c1. The number of benzene rings is 1. The molecule has 0 amide bonds. The van der Waals surface area contributed by atoms with Gasteiger partial charge in [0.1, 0.15) is 5.15 Å². The summed E-state index contributed by atoms with van der Waals surface area (Å²) in [6.07, 6.45) is 0. The lowest BCUT2D eigenvalue weighted by Crippen LogP contribution is -1.96. The molecule has 0 saturated heterocycles. The van der Waals surface area contributed by atoms with Gasteiger partial charge in [-0.05, 0) is 18.6 Å². The number of aromatic nitrogens is 2. The van der Waals surface area contributed by atoms with E-state index in [1.54, 1.807) is 6.07 Å². The number of nitrogens with zero attached hydrogens (tertiary/aromatic N) is 2. The quantitative estimate of drug-likeness (QED) is 0.794. The summed E-state index contributed by atoms with van der Waals surface area (Å²) in [5, 5.41) is 0.924. The molecule has 5 heteroatoms. The first-order valence-electron chi connectivity index (χ1n) is 4.63. The number of anilines is 1. The van der Waals surface area contributed by atoms with Crippen molar-refractivity contribution < 1.29 is 0 Å². The van der Waals surface area contributed by atoms with Gasteiger partial charge in [0.15, 0.2) is 0 Å². The number of nitrogen functional groups attached to an aromatic ring is 1. The van der Waals surface area contributed by atoms with Crippen LogP contribution in [0.3, 0.4) is 0 Å². The lowest BCUT2D eigenvalue weighted by Gasteiger charge is -2.05. The highest BCUT2D eigenvalue weighted by atomic mass is 35.5. The summed E-state index contributed by atoms with van der Waals surface area (Å²) >= 11 is 11.9. The molecule has 1 aromatic carbocycles. The van der Waals surface area contributed by atoms with E-state index < -0.39 is 0 Å². The maximum atomic E-state index is 6.12. The van der Waals surface area contributed by atoms with Crippen molar-refractivity contribution in [2.45, 2.75) is 6.92 Å². The fraction of sp³-hybridized carbons (Fsp3) is 0.0909. The minimum absolute atomic E-state index is 0.138. The van der Waals surface area contributed by atoms with Gasteiger partial charge >= 0.3 is 0 Å². The van der Waals surface area contributed by atoms with Crippen LogP contribution in [-0.2, 0) is 0 Å². The van der Waals surface area contributed by atoms with Crippen LogP contribution in [0.1, 0.15) is 5.56 Å². The first-order chi connectivity index (χ1) is 7.56. The topological polar surface area (TPSA) is 51.8 Å². The van der Waals surface area contributed by atoms with Crippen LogP contribution in [0.2, 0.25) is 10.2 Å². The van der Waals surface area contributed by atoms with Crippen LogP contribution in [0, 0.1) is 6.92 Å². The Morgan fingerprint density at radius 3 is 2.50 bits per heavy atom. The zero-order chi connectivity index (χ0) is 11.7. The van der Waals surface area contributed by atoms with Gasteiger partial charge < -0.3 is 5.73 Å². The second-order valence-electron chi connectivity index (χ2n) is 3.42. The van der Waals surface area contributed by atoms with Gasteiger partial charge in [-0.2, -0.15) is 0 Å². The average Bonchev–Trinajstić information content (AvgIpc) is 2.15. The summed E-state index contributed by atoms with van der Waals surface area (Å²) in [4.78, 5) is 7.89. The molecule has 0 unspecified atom stereocenters. The molecule has 0 aliphatic carbocycles. The molecule has 16 heavy (non-hydrogen) atoms. The highest BCUT2D eigenvalue weighted by molar-refractivity contribution is 6.33. The van der Waals surface area contributed by atoms with Crippen molar-refractivity contribution in [3.8, 4) is 11.3 Å². The summed E-state index contributed by atoms with van der Waals surface area (Å²) < 4.78 is 0. The minimum Gasteiger partial charge on any atom is -0.368 e. The fourth-order valence-corrected chi connectivity index (χ4v) is 1.92. The lowest BCUT2D eigenvalue weighted by molar-refractivity contribution is 1.19. The van der Waals surface area contributed by atoms with Crippen LogP contribution in [-0.4, -0.2) is 9.97 Å². The third-order valence-electron chi connectivity index (χ3n) is 2.11. The molecule has 0 aliphatic rings. The molecule has 82 valence electrons. The number of hydrogen-bond donors (Lipinski definition) is 1. The number of aryl methyl sites for hydroxylation is 1. The van der Waals surface area contributed by atoms with E-state index in [1.807, 2.05) is 25.1 Å². The van der Waals surface area contributed by atoms with Crippen molar-refractivity contribution in [3.05, 3.63) is 40.0 Å². The van der Waals surface area contributed by atoms with Crippen molar-refractivity contribution in [2.75, 3.05) is 5.73 Å². The molecule has 1 aromatic heterocycles. The first kappa shape index (κ1) is 11.2. The van der Waals surface area contributed by atoms with Crippen LogP contribution >= 0.6 is 23.2 Å². The molecule has 0 radical (unpaired) electrons. The molecule has 2 rings (SSSR count). The number of rotatable bonds is 1. The molecule has 1 heterocycles. The smallest absolute Gasteiger partial charge is 0.221 e. The van der Waals surface area contributed by atoms with E-state index in [0.717, 1.165) is 11.1 Å². The maximum absolute atomic E-state index is 6.12. The summed E-state index contributed by atoms with van der Waals surface area (Å²) in [7, 11) is 0. The Balaban J connectivity index is 2.58.